The summed E-state index contributed by atoms with van der Waals surface area (Å²) in [6.07, 6.45) is 3.42. The summed E-state index contributed by atoms with van der Waals surface area (Å²) in [6, 6.07) is 8.91. The van der Waals surface area contributed by atoms with Gasteiger partial charge in [0.1, 0.15) is 6.61 Å². The third kappa shape index (κ3) is 4.27. The highest BCUT2D eigenvalue weighted by Crippen LogP contribution is 2.40. The number of aromatic nitrogens is 3. The van der Waals surface area contributed by atoms with E-state index in [0.29, 0.717) is 56.2 Å². The minimum atomic E-state index is -0.267. The Morgan fingerprint density at radius 3 is 2.26 bits per heavy atom. The van der Waals surface area contributed by atoms with Crippen LogP contribution in [0.3, 0.4) is 0 Å². The quantitative estimate of drug-likeness (QED) is 0.337. The molecule has 2 aromatic heterocycles. The zero-order valence-corrected chi connectivity index (χ0v) is 20.0. The lowest BCUT2D eigenvalue weighted by atomic mass is 10.1. The Morgan fingerprint density at radius 2 is 1.68 bits per heavy atom. The van der Waals surface area contributed by atoms with Crippen LogP contribution in [0.5, 0.6) is 28.7 Å². The zero-order chi connectivity index (χ0) is 24.2. The number of fused-ring (bicyclic) bond motifs is 1. The molecule has 0 N–H and O–H groups in total. The number of ether oxygens (including phenoxy) is 5. The highest BCUT2D eigenvalue weighted by Gasteiger charge is 2.18. The van der Waals surface area contributed by atoms with Gasteiger partial charge in [0.25, 0.3) is 5.56 Å². The number of thiazole rings is 1. The van der Waals surface area contributed by atoms with Crippen molar-refractivity contribution >= 4 is 22.4 Å². The van der Waals surface area contributed by atoms with Crippen LogP contribution in [0.4, 0.5) is 0 Å². The summed E-state index contributed by atoms with van der Waals surface area (Å²) < 4.78 is 28.9. The molecule has 0 atom stereocenters. The van der Waals surface area contributed by atoms with E-state index in [1.54, 1.807) is 43.5 Å². The average Bonchev–Trinajstić information content (AvgIpc) is 3.41. The van der Waals surface area contributed by atoms with Crippen LogP contribution in [0.15, 0.2) is 47.8 Å². The topological polar surface area (TPSA) is 93.4 Å². The predicted octanol–water partition coefficient (Wildman–Crippen LogP) is 2.96. The molecule has 176 valence electrons. The summed E-state index contributed by atoms with van der Waals surface area (Å²) in [6.45, 7) is 4.01. The number of methoxy groups -OCH3 is 4. The van der Waals surface area contributed by atoms with Gasteiger partial charge in [0.15, 0.2) is 28.8 Å². The second-order valence-corrected chi connectivity index (χ2v) is 7.98. The van der Waals surface area contributed by atoms with Crippen molar-refractivity contribution in [3.8, 4) is 40.1 Å². The Labute approximate surface area is 199 Å². The van der Waals surface area contributed by atoms with Crippen molar-refractivity contribution in [2.45, 2.75) is 0 Å². The fourth-order valence-electron chi connectivity index (χ4n) is 3.36. The summed E-state index contributed by atoms with van der Waals surface area (Å²) in [5, 5.41) is 4.41. The molecule has 9 nitrogen and oxygen atoms in total. The van der Waals surface area contributed by atoms with Gasteiger partial charge in [-0.2, -0.15) is 9.50 Å². The first kappa shape index (κ1) is 23.1. The molecule has 0 saturated heterocycles. The lowest BCUT2D eigenvalue weighted by molar-refractivity contribution is 0.324. The third-order valence-electron chi connectivity index (χ3n) is 4.95. The Kier molecular flexibility index (Phi) is 6.69. The van der Waals surface area contributed by atoms with Crippen LogP contribution < -0.4 is 33.8 Å². The Morgan fingerprint density at radius 1 is 0.971 bits per heavy atom. The molecule has 0 aliphatic carbocycles. The molecule has 4 rings (SSSR count). The van der Waals surface area contributed by atoms with E-state index in [2.05, 4.69) is 16.7 Å². The van der Waals surface area contributed by atoms with Gasteiger partial charge in [-0.05, 0) is 35.9 Å². The third-order valence-corrected chi connectivity index (χ3v) is 5.91. The minimum absolute atomic E-state index is 0.267. The highest BCUT2D eigenvalue weighted by molar-refractivity contribution is 7.15. The van der Waals surface area contributed by atoms with Gasteiger partial charge in [-0.25, -0.2) is 0 Å². The Hall–Kier alpha value is -4.05. The first-order chi connectivity index (χ1) is 16.5. The van der Waals surface area contributed by atoms with Gasteiger partial charge >= 0.3 is 0 Å². The summed E-state index contributed by atoms with van der Waals surface area (Å²) in [7, 11) is 6.16. The molecule has 0 saturated carbocycles. The summed E-state index contributed by atoms with van der Waals surface area (Å²) >= 11 is 1.24. The molecule has 2 heterocycles. The van der Waals surface area contributed by atoms with Gasteiger partial charge in [0.05, 0.1) is 33.0 Å². The van der Waals surface area contributed by atoms with E-state index in [0.717, 1.165) is 5.56 Å². The standard InChI is InChI=1S/C24H23N3O6S/c1-6-9-33-16-8-7-14(10-17(16)29-2)11-20-23(28)27-24(34-20)25-22(26-27)15-12-18(30-3)21(32-5)19(13-15)31-4/h6-8,10-13H,1,9H2,2-5H3/b20-11+. The summed E-state index contributed by atoms with van der Waals surface area (Å²) in [4.78, 5) is 18.0. The Balaban J connectivity index is 1.73. The predicted molar refractivity (Wildman–Crippen MR) is 130 cm³/mol. The zero-order valence-electron chi connectivity index (χ0n) is 19.2. The second kappa shape index (κ2) is 9.84. The first-order valence-corrected chi connectivity index (χ1v) is 11.0. The number of nitrogens with zero attached hydrogens (tertiary/aromatic N) is 3. The smallest absolute Gasteiger partial charge is 0.291 e. The summed E-state index contributed by atoms with van der Waals surface area (Å²) in [5.41, 5.74) is 1.15. The molecule has 0 unspecified atom stereocenters. The lowest BCUT2D eigenvalue weighted by Gasteiger charge is -2.12. The van der Waals surface area contributed by atoms with Gasteiger partial charge in [-0.15, -0.1) is 5.10 Å². The van der Waals surface area contributed by atoms with Crippen molar-refractivity contribution in [1.82, 2.24) is 14.6 Å². The van der Waals surface area contributed by atoms with Crippen LogP contribution >= 0.6 is 11.3 Å². The number of hydrogen-bond donors (Lipinski definition) is 0. The van der Waals surface area contributed by atoms with Crippen LogP contribution in [0, 0.1) is 0 Å². The average molecular weight is 482 g/mol. The monoisotopic (exact) mass is 481 g/mol. The first-order valence-electron chi connectivity index (χ1n) is 10.2. The van der Waals surface area contributed by atoms with Crippen LogP contribution in [0.2, 0.25) is 0 Å². The van der Waals surface area contributed by atoms with Gasteiger partial charge in [0, 0.05) is 5.56 Å². The number of rotatable bonds is 9. The maximum atomic E-state index is 13.0. The van der Waals surface area contributed by atoms with Crippen LogP contribution in [-0.4, -0.2) is 49.6 Å². The molecule has 0 aliphatic heterocycles. The van der Waals surface area contributed by atoms with Crippen molar-refractivity contribution in [1.29, 1.82) is 0 Å². The van der Waals surface area contributed by atoms with Gasteiger partial charge < -0.3 is 23.7 Å². The van der Waals surface area contributed by atoms with E-state index < -0.39 is 0 Å². The highest BCUT2D eigenvalue weighted by atomic mass is 32.1. The van der Waals surface area contributed by atoms with Crippen LogP contribution in [0.1, 0.15) is 5.56 Å². The van der Waals surface area contributed by atoms with Crippen molar-refractivity contribution in [3.05, 3.63) is 63.4 Å². The molecule has 4 aromatic rings. The molecule has 2 aromatic carbocycles. The summed E-state index contributed by atoms with van der Waals surface area (Å²) in [5.74, 6) is 2.94. The molecule has 0 radical (unpaired) electrons. The lowest BCUT2D eigenvalue weighted by Crippen LogP contribution is -2.23. The second-order valence-electron chi connectivity index (χ2n) is 6.97. The number of benzene rings is 2. The molecular weight excluding hydrogens is 458 g/mol. The van der Waals surface area contributed by atoms with Gasteiger partial charge in [-0.3, -0.25) is 4.79 Å². The van der Waals surface area contributed by atoms with E-state index in [9.17, 15) is 4.79 Å². The molecule has 0 fully saturated rings. The molecule has 0 aliphatic rings. The van der Waals surface area contributed by atoms with E-state index in [4.69, 9.17) is 23.7 Å². The fourth-order valence-corrected chi connectivity index (χ4v) is 4.27. The largest absolute Gasteiger partial charge is 0.493 e. The van der Waals surface area contributed by atoms with Crippen LogP contribution in [0.25, 0.3) is 22.4 Å². The Bertz CT molecular complexity index is 1430. The fraction of sp³-hybridized carbons (Fsp3) is 0.208. The van der Waals surface area contributed by atoms with E-state index in [1.165, 1.54) is 37.2 Å². The van der Waals surface area contributed by atoms with Gasteiger partial charge in [0.2, 0.25) is 10.7 Å². The minimum Gasteiger partial charge on any atom is -0.493 e. The maximum absolute atomic E-state index is 13.0. The van der Waals surface area contributed by atoms with Crippen molar-refractivity contribution < 1.29 is 23.7 Å². The van der Waals surface area contributed by atoms with Crippen LogP contribution in [-0.2, 0) is 0 Å². The number of hydrogen-bond acceptors (Lipinski definition) is 9. The SMILES string of the molecule is C=CCOc1ccc(/C=c2/sc3nc(-c4cc(OC)c(OC)c(OC)c4)nn3c2=O)cc1OC. The molecule has 10 heteroatoms. The molecular formula is C24H23N3O6S. The van der Waals surface area contributed by atoms with Crippen molar-refractivity contribution in [3.63, 3.8) is 0 Å². The van der Waals surface area contributed by atoms with E-state index in [1.807, 2.05) is 6.07 Å². The maximum Gasteiger partial charge on any atom is 0.291 e. The molecule has 34 heavy (non-hydrogen) atoms. The van der Waals surface area contributed by atoms with E-state index in [-0.39, 0.29) is 5.56 Å². The molecule has 0 spiro atoms. The van der Waals surface area contributed by atoms with Gasteiger partial charge in [-0.1, -0.05) is 30.1 Å². The molecule has 0 bridgehead atoms. The van der Waals surface area contributed by atoms with E-state index >= 15 is 0 Å². The normalized spacial score (nSPS) is 11.5. The van der Waals surface area contributed by atoms with Crippen molar-refractivity contribution in [2.75, 3.05) is 35.0 Å². The van der Waals surface area contributed by atoms with Crippen molar-refractivity contribution in [2.24, 2.45) is 0 Å². The molecule has 0 amide bonds.